The van der Waals surface area contributed by atoms with Crippen LogP contribution < -0.4 is 5.32 Å². The third kappa shape index (κ3) is 5.22. The number of alkyl carbamates (subject to hydrolysis) is 1. The summed E-state index contributed by atoms with van der Waals surface area (Å²) >= 11 is 0. The Kier molecular flexibility index (Phi) is 5.98. The van der Waals surface area contributed by atoms with Crippen molar-refractivity contribution < 1.29 is 14.6 Å². The van der Waals surface area contributed by atoms with Crippen molar-refractivity contribution in [1.82, 2.24) is 5.32 Å². The van der Waals surface area contributed by atoms with Crippen LogP contribution in [-0.2, 0) is 17.8 Å². The fraction of sp³-hybridized carbons (Fsp3) is 0.222. The first-order chi connectivity index (χ1) is 10.6. The minimum Gasteiger partial charge on any atom is -0.445 e. The first-order valence-corrected chi connectivity index (χ1v) is 7.17. The van der Waals surface area contributed by atoms with Gasteiger partial charge < -0.3 is 15.2 Å². The Morgan fingerprint density at radius 3 is 2.14 bits per heavy atom. The molecule has 0 unspecified atom stereocenters. The van der Waals surface area contributed by atoms with Crippen LogP contribution in [0.3, 0.4) is 0 Å². The van der Waals surface area contributed by atoms with Gasteiger partial charge in [0.15, 0.2) is 0 Å². The maximum Gasteiger partial charge on any atom is 0.407 e. The highest BCUT2D eigenvalue weighted by Gasteiger charge is 2.19. The van der Waals surface area contributed by atoms with Gasteiger partial charge >= 0.3 is 6.09 Å². The smallest absolute Gasteiger partial charge is 0.407 e. The number of amides is 1. The van der Waals surface area contributed by atoms with Crippen molar-refractivity contribution in [3.63, 3.8) is 0 Å². The Labute approximate surface area is 130 Å². The number of ether oxygens (including phenoxy) is 1. The van der Waals surface area contributed by atoms with Crippen LogP contribution in [-0.4, -0.2) is 23.3 Å². The fourth-order valence-corrected chi connectivity index (χ4v) is 2.07. The lowest BCUT2D eigenvalue weighted by molar-refractivity contribution is 0.117. The second-order valence-corrected chi connectivity index (χ2v) is 5.07. The summed E-state index contributed by atoms with van der Waals surface area (Å²) < 4.78 is 5.16. The quantitative estimate of drug-likeness (QED) is 0.862. The van der Waals surface area contributed by atoms with Gasteiger partial charge in [0.25, 0.3) is 0 Å². The molecule has 2 aromatic carbocycles. The van der Waals surface area contributed by atoms with Gasteiger partial charge in [-0.15, -0.1) is 0 Å². The van der Waals surface area contributed by atoms with E-state index in [1.165, 1.54) is 0 Å². The lowest BCUT2D eigenvalue weighted by atomic mass is 10.0. The number of hydrogen-bond donors (Lipinski definition) is 2. The van der Waals surface area contributed by atoms with Crippen LogP contribution in [0.1, 0.15) is 11.1 Å². The van der Waals surface area contributed by atoms with E-state index in [4.69, 9.17) is 4.74 Å². The van der Waals surface area contributed by atoms with Crippen LogP contribution in [0.15, 0.2) is 60.7 Å². The molecule has 2 N–H and O–H groups in total. The van der Waals surface area contributed by atoms with E-state index in [1.807, 2.05) is 60.7 Å². The van der Waals surface area contributed by atoms with Gasteiger partial charge in [-0.25, -0.2) is 4.79 Å². The summed E-state index contributed by atoms with van der Waals surface area (Å²) in [6.45, 7) is 3.78. The molecule has 0 aliphatic heterocycles. The van der Waals surface area contributed by atoms with Crippen molar-refractivity contribution in [2.45, 2.75) is 25.2 Å². The highest BCUT2D eigenvalue weighted by atomic mass is 16.5. The van der Waals surface area contributed by atoms with Crippen LogP contribution in [0.4, 0.5) is 4.79 Å². The lowest BCUT2D eigenvalue weighted by Gasteiger charge is -2.21. The van der Waals surface area contributed by atoms with E-state index >= 15 is 0 Å². The molecule has 2 rings (SSSR count). The molecule has 0 spiro atoms. The summed E-state index contributed by atoms with van der Waals surface area (Å²) in [5.74, 6) is 0. The van der Waals surface area contributed by atoms with Crippen molar-refractivity contribution in [1.29, 1.82) is 0 Å². The molecule has 0 saturated heterocycles. The number of benzene rings is 2. The molecule has 0 aliphatic carbocycles. The fourth-order valence-electron chi connectivity index (χ4n) is 2.07. The molecule has 0 heterocycles. The van der Waals surface area contributed by atoms with Gasteiger partial charge in [0.1, 0.15) is 6.61 Å². The number of hydrogen-bond acceptors (Lipinski definition) is 3. The first-order valence-electron chi connectivity index (χ1n) is 7.17. The van der Waals surface area contributed by atoms with Crippen LogP contribution in [0.5, 0.6) is 0 Å². The maximum atomic E-state index is 11.8. The second-order valence-electron chi connectivity index (χ2n) is 5.07. The SMILES string of the molecule is [CH2][C@@H](O)[C@H](Cc1ccccc1)NC(=O)OCc1ccccc1. The van der Waals surface area contributed by atoms with Crippen molar-refractivity contribution in [2.75, 3.05) is 0 Å². The molecule has 22 heavy (non-hydrogen) atoms. The van der Waals surface area contributed by atoms with E-state index in [-0.39, 0.29) is 6.61 Å². The second kappa shape index (κ2) is 8.20. The molecule has 1 amide bonds. The molecule has 4 heteroatoms. The van der Waals surface area contributed by atoms with Crippen LogP contribution >= 0.6 is 0 Å². The molecule has 0 aromatic heterocycles. The monoisotopic (exact) mass is 298 g/mol. The molecule has 0 bridgehead atoms. The summed E-state index contributed by atoms with van der Waals surface area (Å²) in [4.78, 5) is 11.8. The Morgan fingerprint density at radius 1 is 1.05 bits per heavy atom. The minimum atomic E-state index is -0.913. The maximum absolute atomic E-state index is 11.8. The highest BCUT2D eigenvalue weighted by molar-refractivity contribution is 5.67. The average Bonchev–Trinajstić information content (AvgIpc) is 2.54. The van der Waals surface area contributed by atoms with Crippen LogP contribution in [0.25, 0.3) is 0 Å². The Bertz CT molecular complexity index is 569. The van der Waals surface area contributed by atoms with Gasteiger partial charge in [-0.1, -0.05) is 60.7 Å². The lowest BCUT2D eigenvalue weighted by Crippen LogP contribution is -2.43. The predicted molar refractivity (Wildman–Crippen MR) is 85.1 cm³/mol. The number of carbonyl (C=O) groups excluding carboxylic acids is 1. The van der Waals surface area contributed by atoms with Gasteiger partial charge in [-0.2, -0.15) is 0 Å². The molecule has 115 valence electrons. The van der Waals surface area contributed by atoms with E-state index in [0.29, 0.717) is 6.42 Å². The standard InChI is InChI=1S/C18H20NO3/c1-14(20)17(12-15-8-4-2-5-9-15)19-18(21)22-13-16-10-6-3-7-11-16/h2-11,14,17,20H,1,12-13H2,(H,19,21)/t14-,17+/m1/s1. The summed E-state index contributed by atoms with van der Waals surface area (Å²) in [5, 5.41) is 12.4. The van der Waals surface area contributed by atoms with Gasteiger partial charge in [-0.3, -0.25) is 0 Å². The minimum absolute atomic E-state index is 0.192. The zero-order valence-electron chi connectivity index (χ0n) is 12.3. The van der Waals surface area contributed by atoms with Crippen molar-refractivity contribution >= 4 is 6.09 Å². The van der Waals surface area contributed by atoms with Crippen molar-refractivity contribution in [3.8, 4) is 0 Å². The van der Waals surface area contributed by atoms with Crippen molar-refractivity contribution in [3.05, 3.63) is 78.7 Å². The Hall–Kier alpha value is -2.33. The zero-order chi connectivity index (χ0) is 15.8. The number of carbonyl (C=O) groups is 1. The average molecular weight is 298 g/mol. The topological polar surface area (TPSA) is 58.6 Å². The predicted octanol–water partition coefficient (Wildman–Crippen LogP) is 2.72. The van der Waals surface area contributed by atoms with E-state index in [1.54, 1.807) is 0 Å². The molecular formula is C18H20NO3. The third-order valence-electron chi connectivity index (χ3n) is 3.28. The first kappa shape index (κ1) is 16.0. The number of aliphatic hydroxyl groups is 1. The molecule has 2 aromatic rings. The number of aliphatic hydroxyl groups excluding tert-OH is 1. The number of rotatable bonds is 6. The van der Waals surface area contributed by atoms with Gasteiger partial charge in [0.2, 0.25) is 0 Å². The van der Waals surface area contributed by atoms with Gasteiger partial charge in [0.05, 0.1) is 12.1 Å². The summed E-state index contributed by atoms with van der Waals surface area (Å²) in [6, 6.07) is 18.5. The largest absolute Gasteiger partial charge is 0.445 e. The molecule has 0 fully saturated rings. The summed E-state index contributed by atoms with van der Waals surface area (Å²) in [7, 11) is 0. The van der Waals surface area contributed by atoms with Crippen LogP contribution in [0, 0.1) is 6.92 Å². The third-order valence-corrected chi connectivity index (χ3v) is 3.28. The summed E-state index contributed by atoms with van der Waals surface area (Å²) in [6.07, 6.45) is -0.983. The normalized spacial score (nSPS) is 13.2. The molecule has 0 aliphatic rings. The molecular weight excluding hydrogens is 278 g/mol. The van der Waals surface area contributed by atoms with E-state index in [9.17, 15) is 9.90 Å². The summed E-state index contributed by atoms with van der Waals surface area (Å²) in [5.41, 5.74) is 1.92. The highest BCUT2D eigenvalue weighted by Crippen LogP contribution is 2.07. The Balaban J connectivity index is 1.86. The van der Waals surface area contributed by atoms with Gasteiger partial charge in [-0.05, 0) is 24.5 Å². The zero-order valence-corrected chi connectivity index (χ0v) is 12.3. The van der Waals surface area contributed by atoms with E-state index < -0.39 is 18.2 Å². The molecule has 2 atom stereocenters. The molecule has 0 saturated carbocycles. The Morgan fingerprint density at radius 2 is 1.59 bits per heavy atom. The van der Waals surface area contributed by atoms with E-state index in [2.05, 4.69) is 12.2 Å². The number of nitrogens with one attached hydrogen (secondary N) is 1. The molecule has 4 nitrogen and oxygen atoms in total. The van der Waals surface area contributed by atoms with E-state index in [0.717, 1.165) is 11.1 Å². The van der Waals surface area contributed by atoms with Crippen LogP contribution in [0.2, 0.25) is 0 Å². The van der Waals surface area contributed by atoms with Crippen molar-refractivity contribution in [2.24, 2.45) is 0 Å². The van der Waals surface area contributed by atoms with Gasteiger partial charge in [0, 0.05) is 0 Å². The molecule has 1 radical (unpaired) electrons.